The first kappa shape index (κ1) is 20.0. The van der Waals surface area contributed by atoms with Crippen LogP contribution in [0.5, 0.6) is 11.5 Å². The van der Waals surface area contributed by atoms with Gasteiger partial charge < -0.3 is 19.9 Å². The first-order chi connectivity index (χ1) is 12.7. The number of methoxy groups -OCH3 is 2. The van der Waals surface area contributed by atoms with Crippen LogP contribution < -0.4 is 14.8 Å². The molecule has 0 bridgehead atoms. The Kier molecular flexibility index (Phi) is 5.89. The first-order valence-corrected chi connectivity index (χ1v) is 8.20. The maximum Gasteiger partial charge on any atom is 0.331 e. The minimum absolute atomic E-state index is 0.370. The molecule has 0 radical (unpaired) electrons. The van der Waals surface area contributed by atoms with Crippen LogP contribution in [0.1, 0.15) is 29.8 Å². The third-order valence-electron chi connectivity index (χ3n) is 4.12. The van der Waals surface area contributed by atoms with E-state index in [0.29, 0.717) is 29.2 Å². The normalized spacial score (nSPS) is 11.0. The number of aromatic nitrogens is 2. The third kappa shape index (κ3) is 4.11. The zero-order valence-corrected chi connectivity index (χ0v) is 15.8. The molecule has 0 atom stereocenters. The predicted octanol–water partition coefficient (Wildman–Crippen LogP) is 2.70. The summed E-state index contributed by atoms with van der Waals surface area (Å²) < 4.78 is 12.0. The average Bonchev–Trinajstić information content (AvgIpc) is 3.10. The van der Waals surface area contributed by atoms with Crippen LogP contribution >= 0.6 is 0 Å². The fourth-order valence-electron chi connectivity index (χ4n) is 2.48. The second-order valence-electron chi connectivity index (χ2n) is 6.36. The van der Waals surface area contributed by atoms with Gasteiger partial charge >= 0.3 is 5.97 Å². The monoisotopic (exact) mass is 373 g/mol. The number of allylic oxidation sites excluding steroid dienone is 1. The van der Waals surface area contributed by atoms with Crippen LogP contribution in [0.2, 0.25) is 0 Å². The van der Waals surface area contributed by atoms with Gasteiger partial charge in [-0.15, -0.1) is 6.58 Å². The van der Waals surface area contributed by atoms with Gasteiger partial charge in [0.05, 0.1) is 26.1 Å². The van der Waals surface area contributed by atoms with Gasteiger partial charge in [-0.1, -0.05) is 6.08 Å². The zero-order chi connectivity index (χ0) is 20.2. The minimum atomic E-state index is -1.23. The van der Waals surface area contributed by atoms with E-state index in [9.17, 15) is 14.7 Å². The van der Waals surface area contributed by atoms with Gasteiger partial charge in [-0.3, -0.25) is 9.48 Å². The predicted molar refractivity (Wildman–Crippen MR) is 101 cm³/mol. The van der Waals surface area contributed by atoms with Gasteiger partial charge in [0.2, 0.25) is 0 Å². The van der Waals surface area contributed by atoms with Crippen molar-refractivity contribution in [2.75, 3.05) is 19.5 Å². The highest BCUT2D eigenvalue weighted by Gasteiger charge is 2.30. The van der Waals surface area contributed by atoms with Gasteiger partial charge in [0.1, 0.15) is 0 Å². The van der Waals surface area contributed by atoms with Crippen LogP contribution in [0.25, 0.3) is 0 Å². The summed E-state index contributed by atoms with van der Waals surface area (Å²) in [5.74, 6) is -0.430. The highest BCUT2D eigenvalue weighted by molar-refractivity contribution is 6.04. The number of nitrogens with one attached hydrogen (secondary N) is 1. The summed E-state index contributed by atoms with van der Waals surface area (Å²) in [5, 5.41) is 16.0. The molecular formula is C19H23N3O5. The molecule has 2 aromatic rings. The molecule has 0 aliphatic rings. The molecule has 0 aliphatic carbocycles. The van der Waals surface area contributed by atoms with Gasteiger partial charge in [0, 0.05) is 17.3 Å². The Labute approximate surface area is 157 Å². The van der Waals surface area contributed by atoms with Crippen molar-refractivity contribution in [3.63, 3.8) is 0 Å². The number of nitrogens with zero attached hydrogens (tertiary/aromatic N) is 2. The largest absolute Gasteiger partial charge is 0.493 e. The van der Waals surface area contributed by atoms with Crippen molar-refractivity contribution in [2.45, 2.75) is 25.8 Å². The lowest BCUT2D eigenvalue weighted by molar-refractivity contribution is -0.146. The van der Waals surface area contributed by atoms with E-state index in [1.165, 1.54) is 45.1 Å². The number of hydrogen-bond acceptors (Lipinski definition) is 5. The number of aliphatic carboxylic acids is 1. The van der Waals surface area contributed by atoms with Crippen LogP contribution in [0.15, 0.2) is 37.2 Å². The molecule has 2 N–H and O–H groups in total. The number of rotatable bonds is 8. The van der Waals surface area contributed by atoms with Crippen molar-refractivity contribution in [1.82, 2.24) is 9.78 Å². The molecule has 0 saturated heterocycles. The maximum absolute atomic E-state index is 12.6. The van der Waals surface area contributed by atoms with Crippen molar-refractivity contribution >= 4 is 17.6 Å². The Bertz CT molecular complexity index is 870. The number of anilines is 1. The molecular weight excluding hydrogens is 350 g/mol. The SMILES string of the molecule is C=CCc1cc(C(=O)Nc2cnn(C(C)(C)C(=O)O)c2)cc(OC)c1OC. The summed E-state index contributed by atoms with van der Waals surface area (Å²) in [6.45, 7) is 6.75. The molecule has 144 valence electrons. The number of benzene rings is 1. The molecule has 8 nitrogen and oxygen atoms in total. The molecule has 1 aromatic carbocycles. The number of carboxylic acids is 1. The molecule has 1 heterocycles. The molecule has 0 spiro atoms. The average molecular weight is 373 g/mol. The zero-order valence-electron chi connectivity index (χ0n) is 15.8. The summed E-state index contributed by atoms with van der Waals surface area (Å²) in [4.78, 5) is 24.0. The number of amides is 1. The Morgan fingerprint density at radius 1 is 1.33 bits per heavy atom. The molecule has 0 unspecified atom stereocenters. The fraction of sp³-hybridized carbons (Fsp3) is 0.316. The van der Waals surface area contributed by atoms with Crippen LogP contribution in [-0.4, -0.2) is 41.0 Å². The lowest BCUT2D eigenvalue weighted by Crippen LogP contribution is -2.35. The molecule has 1 amide bonds. The molecule has 1 aromatic heterocycles. The van der Waals surface area contributed by atoms with Crippen LogP contribution in [0, 0.1) is 0 Å². The fourth-order valence-corrected chi connectivity index (χ4v) is 2.48. The van der Waals surface area contributed by atoms with Crippen molar-refractivity contribution in [3.05, 3.63) is 48.3 Å². The van der Waals surface area contributed by atoms with E-state index >= 15 is 0 Å². The molecule has 27 heavy (non-hydrogen) atoms. The summed E-state index contributed by atoms with van der Waals surface area (Å²) in [6, 6.07) is 3.27. The highest BCUT2D eigenvalue weighted by atomic mass is 16.5. The Morgan fingerprint density at radius 2 is 2.04 bits per heavy atom. The van der Waals surface area contributed by atoms with Crippen molar-refractivity contribution in [3.8, 4) is 11.5 Å². The van der Waals surface area contributed by atoms with E-state index < -0.39 is 11.5 Å². The topological polar surface area (TPSA) is 103 Å². The first-order valence-electron chi connectivity index (χ1n) is 8.20. The van der Waals surface area contributed by atoms with E-state index in [2.05, 4.69) is 17.0 Å². The number of ether oxygens (including phenoxy) is 2. The second kappa shape index (κ2) is 7.94. The highest BCUT2D eigenvalue weighted by Crippen LogP contribution is 2.33. The number of carbonyl (C=O) groups excluding carboxylic acids is 1. The summed E-state index contributed by atoms with van der Waals surface area (Å²) >= 11 is 0. The summed E-state index contributed by atoms with van der Waals surface area (Å²) in [6.07, 6.45) is 5.08. The Hall–Kier alpha value is -3.29. The third-order valence-corrected chi connectivity index (χ3v) is 4.12. The molecule has 2 rings (SSSR count). The lowest BCUT2D eigenvalue weighted by Gasteiger charge is -2.19. The van der Waals surface area contributed by atoms with Gasteiger partial charge in [0.25, 0.3) is 5.91 Å². The van der Waals surface area contributed by atoms with Crippen LogP contribution in [-0.2, 0) is 16.8 Å². The van der Waals surface area contributed by atoms with Gasteiger partial charge in [-0.25, -0.2) is 4.79 Å². The number of hydrogen-bond donors (Lipinski definition) is 2. The van der Waals surface area contributed by atoms with E-state index in [1.54, 1.807) is 18.2 Å². The summed E-state index contributed by atoms with van der Waals surface area (Å²) in [5.41, 5.74) is 0.285. The molecule has 0 saturated carbocycles. The molecule has 0 aliphatic heterocycles. The standard InChI is InChI=1S/C19H23N3O5/c1-6-7-12-8-13(9-15(26-4)16(12)27-5)17(23)21-14-10-20-22(11-14)19(2,3)18(24)25/h6,8-11H,1,7H2,2-5H3,(H,21,23)(H,24,25). The van der Waals surface area contributed by atoms with E-state index in [-0.39, 0.29) is 5.91 Å². The Balaban J connectivity index is 2.31. The summed E-state index contributed by atoms with van der Waals surface area (Å²) in [7, 11) is 3.03. The van der Waals surface area contributed by atoms with Gasteiger partial charge in [-0.05, 0) is 32.4 Å². The van der Waals surface area contributed by atoms with Crippen LogP contribution in [0.3, 0.4) is 0 Å². The maximum atomic E-state index is 12.6. The van der Waals surface area contributed by atoms with Crippen molar-refractivity contribution in [1.29, 1.82) is 0 Å². The molecule has 8 heteroatoms. The van der Waals surface area contributed by atoms with Gasteiger partial charge in [-0.2, -0.15) is 5.10 Å². The Morgan fingerprint density at radius 3 is 2.59 bits per heavy atom. The number of carboxylic acid groups (broad SMARTS) is 1. The minimum Gasteiger partial charge on any atom is -0.493 e. The van der Waals surface area contributed by atoms with Gasteiger partial charge in [0.15, 0.2) is 17.0 Å². The quantitative estimate of drug-likeness (QED) is 0.690. The smallest absolute Gasteiger partial charge is 0.331 e. The second-order valence-corrected chi connectivity index (χ2v) is 6.36. The van der Waals surface area contributed by atoms with Crippen LogP contribution in [0.4, 0.5) is 5.69 Å². The van der Waals surface area contributed by atoms with Crippen molar-refractivity contribution < 1.29 is 24.2 Å². The van der Waals surface area contributed by atoms with E-state index in [0.717, 1.165) is 5.56 Å². The molecule has 0 fully saturated rings. The lowest BCUT2D eigenvalue weighted by atomic mass is 10.0. The van der Waals surface area contributed by atoms with E-state index in [4.69, 9.17) is 9.47 Å². The number of carbonyl (C=O) groups is 2. The van der Waals surface area contributed by atoms with Crippen molar-refractivity contribution in [2.24, 2.45) is 0 Å². The van der Waals surface area contributed by atoms with E-state index in [1.807, 2.05) is 0 Å².